The van der Waals surface area contributed by atoms with Gasteiger partial charge in [-0.05, 0) is 19.4 Å². The normalized spacial score (nSPS) is 28.9. The van der Waals surface area contributed by atoms with Crippen molar-refractivity contribution in [3.05, 3.63) is 0 Å². The first-order valence-electron chi connectivity index (χ1n) is 5.09. The molecule has 0 spiro atoms. The number of aliphatic imine (C=N–C) groups is 1. The van der Waals surface area contributed by atoms with E-state index in [1.165, 1.54) is 12.8 Å². The lowest BCUT2D eigenvalue weighted by atomic mass is 10.1. The summed E-state index contributed by atoms with van der Waals surface area (Å²) in [7, 11) is 0. The lowest BCUT2D eigenvalue weighted by molar-refractivity contribution is 0.257. The van der Waals surface area contributed by atoms with Crippen molar-refractivity contribution in [2.45, 2.75) is 25.3 Å². The van der Waals surface area contributed by atoms with Crippen LogP contribution in [0.5, 0.6) is 0 Å². The Balaban J connectivity index is 1.78. The molecule has 1 atom stereocenters. The van der Waals surface area contributed by atoms with Crippen LogP contribution in [0.25, 0.3) is 0 Å². The summed E-state index contributed by atoms with van der Waals surface area (Å²) >= 11 is 0. The van der Waals surface area contributed by atoms with Crippen LogP contribution in [0.1, 0.15) is 19.3 Å². The van der Waals surface area contributed by atoms with Crippen molar-refractivity contribution in [3.8, 4) is 0 Å². The number of hydrogen-bond acceptors (Lipinski definition) is 4. The summed E-state index contributed by atoms with van der Waals surface area (Å²) in [6.07, 6.45) is 3.51. The molecule has 0 amide bonds. The molecule has 0 radical (unpaired) electrons. The van der Waals surface area contributed by atoms with Crippen LogP contribution in [0, 0.1) is 0 Å². The van der Waals surface area contributed by atoms with Crippen LogP contribution < -0.4 is 10.6 Å². The Kier molecular flexibility index (Phi) is 3.02. The maximum Gasteiger partial charge on any atom is 0.284 e. The van der Waals surface area contributed by atoms with Gasteiger partial charge in [-0.25, -0.2) is 4.99 Å². The monoisotopic (exact) mass is 183 g/mol. The van der Waals surface area contributed by atoms with Gasteiger partial charge in [-0.15, -0.1) is 0 Å². The van der Waals surface area contributed by atoms with E-state index in [0.29, 0.717) is 6.04 Å². The topological polar surface area (TPSA) is 45.7 Å². The van der Waals surface area contributed by atoms with Gasteiger partial charge in [-0.1, -0.05) is 0 Å². The van der Waals surface area contributed by atoms with E-state index in [-0.39, 0.29) is 0 Å². The van der Waals surface area contributed by atoms with Crippen LogP contribution >= 0.6 is 0 Å². The van der Waals surface area contributed by atoms with E-state index in [9.17, 15) is 0 Å². The lowest BCUT2D eigenvalue weighted by Crippen LogP contribution is -2.47. The molecule has 2 heterocycles. The molecule has 2 rings (SSSR count). The molecule has 2 N–H and O–H groups in total. The van der Waals surface area contributed by atoms with Crippen LogP contribution in [-0.4, -0.2) is 38.3 Å². The minimum Gasteiger partial charge on any atom is -0.465 e. The number of amidine groups is 1. The molecule has 0 aromatic rings. The highest BCUT2D eigenvalue weighted by Crippen LogP contribution is 2.03. The Morgan fingerprint density at radius 3 is 3.15 bits per heavy atom. The van der Waals surface area contributed by atoms with Crippen LogP contribution in [0.2, 0.25) is 0 Å². The van der Waals surface area contributed by atoms with Crippen molar-refractivity contribution in [2.75, 3.05) is 26.2 Å². The van der Waals surface area contributed by atoms with Gasteiger partial charge in [0.2, 0.25) is 0 Å². The van der Waals surface area contributed by atoms with E-state index in [0.717, 1.165) is 38.7 Å². The van der Waals surface area contributed by atoms with E-state index in [1.54, 1.807) is 0 Å². The van der Waals surface area contributed by atoms with Crippen LogP contribution in [0.15, 0.2) is 4.99 Å². The summed E-state index contributed by atoms with van der Waals surface area (Å²) < 4.78 is 5.39. The Morgan fingerprint density at radius 2 is 2.46 bits per heavy atom. The second-order valence-electron chi connectivity index (χ2n) is 3.58. The number of ether oxygens (including phenoxy) is 1. The molecule has 74 valence electrons. The van der Waals surface area contributed by atoms with Crippen molar-refractivity contribution in [1.82, 2.24) is 10.6 Å². The highest BCUT2D eigenvalue weighted by Gasteiger charge is 2.15. The third-order valence-corrected chi connectivity index (χ3v) is 2.42. The Bertz CT molecular complexity index is 187. The molecule has 0 aliphatic carbocycles. The number of rotatable bonds is 1. The molecule has 0 aromatic heterocycles. The molecule has 1 fully saturated rings. The molecule has 0 aromatic carbocycles. The largest absolute Gasteiger partial charge is 0.465 e. The predicted octanol–water partition coefficient (Wildman–Crippen LogP) is 0.104. The third-order valence-electron chi connectivity index (χ3n) is 2.42. The maximum atomic E-state index is 5.39. The quantitative estimate of drug-likeness (QED) is 0.606. The standard InChI is InChI=1S/C9H17N3O/c1-3-8(7-10-4-1)12-9-11-5-2-6-13-9/h8,10H,1-7H2,(H,11,12). The van der Waals surface area contributed by atoms with Gasteiger partial charge < -0.3 is 15.4 Å². The first-order chi connectivity index (χ1) is 6.45. The Labute approximate surface area is 78.8 Å². The van der Waals surface area contributed by atoms with Crippen molar-refractivity contribution in [1.29, 1.82) is 0 Å². The van der Waals surface area contributed by atoms with Gasteiger partial charge in [0.05, 0.1) is 6.61 Å². The van der Waals surface area contributed by atoms with Gasteiger partial charge in [0, 0.05) is 25.6 Å². The molecule has 0 saturated carbocycles. The highest BCUT2D eigenvalue weighted by molar-refractivity contribution is 5.74. The Morgan fingerprint density at radius 1 is 1.46 bits per heavy atom. The summed E-state index contributed by atoms with van der Waals surface area (Å²) in [5, 5.41) is 6.67. The van der Waals surface area contributed by atoms with Gasteiger partial charge in [0.25, 0.3) is 6.02 Å². The van der Waals surface area contributed by atoms with Gasteiger partial charge in [-0.3, -0.25) is 0 Å². The van der Waals surface area contributed by atoms with Crippen LogP contribution in [0.4, 0.5) is 0 Å². The van der Waals surface area contributed by atoms with E-state index < -0.39 is 0 Å². The first-order valence-corrected chi connectivity index (χ1v) is 5.09. The highest BCUT2D eigenvalue weighted by atomic mass is 16.5. The number of nitrogens with zero attached hydrogens (tertiary/aromatic N) is 1. The fourth-order valence-electron chi connectivity index (χ4n) is 1.70. The second-order valence-corrected chi connectivity index (χ2v) is 3.58. The first kappa shape index (κ1) is 8.81. The minimum absolute atomic E-state index is 0.505. The van der Waals surface area contributed by atoms with Crippen molar-refractivity contribution < 1.29 is 4.74 Å². The second kappa shape index (κ2) is 4.46. The third kappa shape index (κ3) is 2.59. The van der Waals surface area contributed by atoms with E-state index >= 15 is 0 Å². The molecule has 13 heavy (non-hydrogen) atoms. The molecule has 2 aliphatic heterocycles. The molecular weight excluding hydrogens is 166 g/mol. The molecule has 1 unspecified atom stereocenters. The van der Waals surface area contributed by atoms with Crippen molar-refractivity contribution in [2.24, 2.45) is 4.99 Å². The maximum absolute atomic E-state index is 5.39. The Hall–Kier alpha value is -0.770. The fourth-order valence-corrected chi connectivity index (χ4v) is 1.70. The zero-order valence-corrected chi connectivity index (χ0v) is 7.88. The summed E-state index contributed by atoms with van der Waals surface area (Å²) in [4.78, 5) is 4.28. The van der Waals surface area contributed by atoms with E-state index in [4.69, 9.17) is 4.74 Å². The smallest absolute Gasteiger partial charge is 0.284 e. The average molecular weight is 183 g/mol. The van der Waals surface area contributed by atoms with Crippen molar-refractivity contribution >= 4 is 6.02 Å². The predicted molar refractivity (Wildman–Crippen MR) is 51.9 cm³/mol. The minimum atomic E-state index is 0.505. The molecule has 4 heteroatoms. The zero-order valence-electron chi connectivity index (χ0n) is 7.88. The fraction of sp³-hybridized carbons (Fsp3) is 0.889. The summed E-state index contributed by atoms with van der Waals surface area (Å²) in [5.41, 5.74) is 0. The summed E-state index contributed by atoms with van der Waals surface area (Å²) in [5.74, 6) is 0. The molecule has 0 bridgehead atoms. The molecular formula is C9H17N3O. The van der Waals surface area contributed by atoms with Gasteiger partial charge in [0.1, 0.15) is 0 Å². The SMILES string of the molecule is C1CN=C(NC2CCCNC2)OC1. The van der Waals surface area contributed by atoms with Crippen LogP contribution in [-0.2, 0) is 4.74 Å². The van der Waals surface area contributed by atoms with Gasteiger partial charge >= 0.3 is 0 Å². The number of hydrogen-bond donors (Lipinski definition) is 2. The zero-order chi connectivity index (χ0) is 8.93. The number of piperidine rings is 1. The average Bonchev–Trinajstić information content (AvgIpc) is 2.21. The summed E-state index contributed by atoms with van der Waals surface area (Å²) in [6, 6.07) is 1.26. The molecule has 1 saturated heterocycles. The molecule has 4 nitrogen and oxygen atoms in total. The van der Waals surface area contributed by atoms with Gasteiger partial charge in [-0.2, -0.15) is 0 Å². The molecule has 2 aliphatic rings. The van der Waals surface area contributed by atoms with E-state index in [1.807, 2.05) is 0 Å². The lowest BCUT2D eigenvalue weighted by Gasteiger charge is -2.26. The van der Waals surface area contributed by atoms with Crippen molar-refractivity contribution in [3.63, 3.8) is 0 Å². The number of nitrogens with one attached hydrogen (secondary N) is 2. The summed E-state index contributed by atoms with van der Waals surface area (Å²) in [6.45, 7) is 3.89. The van der Waals surface area contributed by atoms with E-state index in [2.05, 4.69) is 15.6 Å². The van der Waals surface area contributed by atoms with Gasteiger partial charge in [0.15, 0.2) is 0 Å². The van der Waals surface area contributed by atoms with Crippen LogP contribution in [0.3, 0.4) is 0 Å².